The van der Waals surface area contributed by atoms with Gasteiger partial charge in [-0.25, -0.2) is 0 Å². The van der Waals surface area contributed by atoms with Crippen LogP contribution < -0.4 is 0 Å². The smallest absolute Gasteiger partial charge is 0.124 e. The van der Waals surface area contributed by atoms with Crippen molar-refractivity contribution in [3.05, 3.63) is 54.1 Å². The third-order valence-electron chi connectivity index (χ3n) is 2.67. The second-order valence-corrected chi connectivity index (χ2v) is 4.24. The minimum Gasteiger partial charge on any atom is -0.382 e. The molecule has 1 unspecified atom stereocenters. The van der Waals surface area contributed by atoms with Gasteiger partial charge in [0.2, 0.25) is 0 Å². The van der Waals surface area contributed by atoms with Crippen molar-refractivity contribution in [3.63, 3.8) is 0 Å². The monoisotopic (exact) mass is 243 g/mol. The van der Waals surface area contributed by atoms with Gasteiger partial charge in [0, 0.05) is 17.8 Å². The fourth-order valence-corrected chi connectivity index (χ4v) is 2.28. The number of nitrogens with zero attached hydrogens (tertiary/aromatic N) is 3. The Labute approximate surface area is 102 Å². The van der Waals surface area contributed by atoms with Crippen LogP contribution in [0.5, 0.6) is 0 Å². The molecule has 84 valence electrons. The van der Waals surface area contributed by atoms with Crippen LogP contribution in [0.3, 0.4) is 0 Å². The normalized spacial score (nSPS) is 12.8. The molecule has 1 atom stereocenters. The number of aliphatic hydroxyl groups is 1. The zero-order valence-electron chi connectivity index (χ0n) is 8.82. The topological polar surface area (TPSA) is 58.9 Å². The summed E-state index contributed by atoms with van der Waals surface area (Å²) in [5.74, 6) is 0. The highest BCUT2D eigenvalue weighted by atomic mass is 32.1. The van der Waals surface area contributed by atoms with Crippen molar-refractivity contribution < 1.29 is 5.11 Å². The first-order chi connectivity index (χ1) is 8.36. The molecular formula is C12H9N3OS. The first-order valence-electron chi connectivity index (χ1n) is 5.14. The Bertz CT molecular complexity index is 634. The highest BCUT2D eigenvalue weighted by Gasteiger charge is 2.15. The summed E-state index contributed by atoms with van der Waals surface area (Å²) >= 11 is 1.10. The molecule has 0 saturated carbocycles. The van der Waals surface area contributed by atoms with Crippen LogP contribution >= 0.6 is 11.7 Å². The van der Waals surface area contributed by atoms with E-state index in [4.69, 9.17) is 0 Å². The maximum absolute atomic E-state index is 10.3. The molecule has 1 aromatic carbocycles. The summed E-state index contributed by atoms with van der Waals surface area (Å²) in [6.07, 6.45) is 4.36. The Morgan fingerprint density at radius 1 is 1.18 bits per heavy atom. The molecule has 1 N–H and O–H groups in total. The molecule has 0 amide bonds. The molecular weight excluding hydrogens is 234 g/mol. The van der Waals surface area contributed by atoms with Crippen molar-refractivity contribution in [2.24, 2.45) is 0 Å². The molecule has 0 aliphatic heterocycles. The fourth-order valence-electron chi connectivity index (χ4n) is 1.84. The molecule has 0 saturated heterocycles. The van der Waals surface area contributed by atoms with Gasteiger partial charge in [-0.1, -0.05) is 18.2 Å². The predicted octanol–water partition coefficient (Wildman–Crippen LogP) is 2.17. The number of benzene rings is 1. The van der Waals surface area contributed by atoms with Gasteiger partial charge in [-0.2, -0.15) is 8.75 Å². The molecule has 0 fully saturated rings. The standard InChI is InChI=1S/C12H9N3OS/c16-12(11-7-14-17-15-11)10-3-1-2-8-6-13-5-4-9(8)10/h1-7,12,16H. The van der Waals surface area contributed by atoms with E-state index in [0.717, 1.165) is 28.1 Å². The average Bonchev–Trinajstić information content (AvgIpc) is 2.91. The van der Waals surface area contributed by atoms with Gasteiger partial charge in [0.25, 0.3) is 0 Å². The molecule has 4 nitrogen and oxygen atoms in total. The Kier molecular flexibility index (Phi) is 2.55. The van der Waals surface area contributed by atoms with Crippen LogP contribution in [0.2, 0.25) is 0 Å². The van der Waals surface area contributed by atoms with E-state index in [0.29, 0.717) is 5.69 Å². The molecule has 0 bridgehead atoms. The maximum Gasteiger partial charge on any atom is 0.124 e. The predicted molar refractivity (Wildman–Crippen MR) is 65.7 cm³/mol. The summed E-state index contributed by atoms with van der Waals surface area (Å²) in [4.78, 5) is 4.07. The van der Waals surface area contributed by atoms with Gasteiger partial charge < -0.3 is 5.11 Å². The SMILES string of the molecule is OC(c1cnsn1)c1cccc2cnccc12. The van der Waals surface area contributed by atoms with Crippen LogP contribution in [0, 0.1) is 0 Å². The van der Waals surface area contributed by atoms with Crippen molar-refractivity contribution in [2.45, 2.75) is 6.10 Å². The van der Waals surface area contributed by atoms with Crippen LogP contribution in [0.15, 0.2) is 42.9 Å². The highest BCUT2D eigenvalue weighted by Crippen LogP contribution is 2.27. The van der Waals surface area contributed by atoms with Crippen molar-refractivity contribution in [1.29, 1.82) is 0 Å². The van der Waals surface area contributed by atoms with Crippen LogP contribution in [0.25, 0.3) is 10.8 Å². The third-order valence-corrected chi connectivity index (χ3v) is 3.16. The third kappa shape index (κ3) is 1.79. The Morgan fingerprint density at radius 2 is 2.12 bits per heavy atom. The number of fused-ring (bicyclic) bond motifs is 1. The second kappa shape index (κ2) is 4.20. The Morgan fingerprint density at radius 3 is 2.94 bits per heavy atom. The van der Waals surface area contributed by atoms with E-state index in [1.807, 2.05) is 24.3 Å². The quantitative estimate of drug-likeness (QED) is 0.749. The lowest BCUT2D eigenvalue weighted by molar-refractivity contribution is 0.218. The lowest BCUT2D eigenvalue weighted by atomic mass is 10.0. The van der Waals surface area contributed by atoms with Gasteiger partial charge >= 0.3 is 0 Å². The summed E-state index contributed by atoms with van der Waals surface area (Å²) in [6, 6.07) is 7.67. The van der Waals surface area contributed by atoms with E-state index < -0.39 is 6.10 Å². The van der Waals surface area contributed by atoms with E-state index in [2.05, 4.69) is 13.7 Å². The zero-order valence-corrected chi connectivity index (χ0v) is 9.63. The molecule has 2 heterocycles. The Balaban J connectivity index is 2.17. The van der Waals surface area contributed by atoms with Gasteiger partial charge in [0.15, 0.2) is 0 Å². The first-order valence-corrected chi connectivity index (χ1v) is 5.87. The van der Waals surface area contributed by atoms with Gasteiger partial charge in [-0.05, 0) is 17.0 Å². The molecule has 17 heavy (non-hydrogen) atoms. The summed E-state index contributed by atoms with van der Waals surface area (Å²) in [5.41, 5.74) is 1.41. The van der Waals surface area contributed by atoms with Crippen LogP contribution in [0.4, 0.5) is 0 Å². The molecule has 3 aromatic rings. The molecule has 0 aliphatic carbocycles. The lowest BCUT2D eigenvalue weighted by Gasteiger charge is -2.10. The molecule has 2 aromatic heterocycles. The van der Waals surface area contributed by atoms with Crippen molar-refractivity contribution in [3.8, 4) is 0 Å². The summed E-state index contributed by atoms with van der Waals surface area (Å²) in [7, 11) is 0. The number of aliphatic hydroxyl groups excluding tert-OH is 1. The molecule has 3 rings (SSSR count). The van der Waals surface area contributed by atoms with Crippen molar-refractivity contribution in [1.82, 2.24) is 13.7 Å². The molecule has 0 radical (unpaired) electrons. The van der Waals surface area contributed by atoms with Crippen molar-refractivity contribution in [2.75, 3.05) is 0 Å². The summed E-state index contributed by atoms with van der Waals surface area (Å²) in [6.45, 7) is 0. The number of hydrogen-bond donors (Lipinski definition) is 1. The number of aromatic nitrogens is 3. The van der Waals surface area contributed by atoms with E-state index in [-0.39, 0.29) is 0 Å². The fraction of sp³-hybridized carbons (Fsp3) is 0.0833. The second-order valence-electron chi connectivity index (χ2n) is 3.68. The number of hydrogen-bond acceptors (Lipinski definition) is 5. The van der Waals surface area contributed by atoms with E-state index in [1.165, 1.54) is 0 Å². The molecule has 0 spiro atoms. The van der Waals surface area contributed by atoms with E-state index >= 15 is 0 Å². The summed E-state index contributed by atoms with van der Waals surface area (Å²) in [5, 5.41) is 12.3. The van der Waals surface area contributed by atoms with Gasteiger partial charge in [0.05, 0.1) is 17.9 Å². The van der Waals surface area contributed by atoms with Gasteiger partial charge in [0.1, 0.15) is 11.8 Å². The average molecular weight is 243 g/mol. The zero-order chi connectivity index (χ0) is 11.7. The van der Waals surface area contributed by atoms with E-state index in [9.17, 15) is 5.11 Å². The summed E-state index contributed by atoms with van der Waals surface area (Å²) < 4.78 is 7.97. The van der Waals surface area contributed by atoms with Crippen molar-refractivity contribution >= 4 is 22.5 Å². The van der Waals surface area contributed by atoms with E-state index in [1.54, 1.807) is 18.6 Å². The Hall–Kier alpha value is -1.85. The molecule has 0 aliphatic rings. The van der Waals surface area contributed by atoms with Gasteiger partial charge in [-0.3, -0.25) is 4.98 Å². The molecule has 5 heteroatoms. The first kappa shape index (κ1) is 10.3. The lowest BCUT2D eigenvalue weighted by Crippen LogP contribution is -2.00. The van der Waals surface area contributed by atoms with Gasteiger partial charge in [-0.15, -0.1) is 0 Å². The maximum atomic E-state index is 10.3. The largest absolute Gasteiger partial charge is 0.382 e. The van der Waals surface area contributed by atoms with Crippen LogP contribution in [0.1, 0.15) is 17.4 Å². The number of rotatable bonds is 2. The van der Waals surface area contributed by atoms with Crippen LogP contribution in [-0.2, 0) is 0 Å². The minimum absolute atomic E-state index is 0.583. The number of pyridine rings is 1. The van der Waals surface area contributed by atoms with Crippen LogP contribution in [-0.4, -0.2) is 18.8 Å². The highest BCUT2D eigenvalue weighted by molar-refractivity contribution is 6.99. The minimum atomic E-state index is -0.736.